The highest BCUT2D eigenvalue weighted by Crippen LogP contribution is 1.83. The van der Waals surface area contributed by atoms with Crippen molar-refractivity contribution in [2.75, 3.05) is 13.2 Å². The molecule has 0 aliphatic carbocycles. The fourth-order valence-corrected chi connectivity index (χ4v) is 0.398. The van der Waals surface area contributed by atoms with E-state index in [0.29, 0.717) is 6.61 Å². The Morgan fingerprint density at radius 3 is 2.44 bits per heavy atom. The van der Waals surface area contributed by atoms with Crippen molar-refractivity contribution < 1.29 is 15.3 Å². The molecular weight excluding hydrogens is 120 g/mol. The number of hydrogen-bond acceptors (Lipinski definition) is 2. The molecule has 0 aliphatic heterocycles. The first-order valence-electron chi connectivity index (χ1n) is 3.03. The Bertz CT molecular complexity index is 45.6. The third kappa shape index (κ3) is 11.4. The molecule has 0 amide bonds. The molecule has 58 valence electrons. The molecule has 0 saturated carbocycles. The zero-order valence-corrected chi connectivity index (χ0v) is 6.05. The molecule has 0 aliphatic rings. The van der Waals surface area contributed by atoms with E-state index < -0.39 is 0 Å². The number of aliphatic hydroxyl groups excluding tert-OH is 1. The lowest BCUT2D eigenvalue weighted by Gasteiger charge is -2.02. The molecule has 1 unspecified atom stereocenters. The second kappa shape index (κ2) is 7.88. The number of ether oxygens (including phenoxy) is 1. The van der Waals surface area contributed by atoms with Gasteiger partial charge in [0.05, 0.1) is 12.7 Å². The van der Waals surface area contributed by atoms with Crippen LogP contribution in [0.4, 0.5) is 0 Å². The minimum absolute atomic E-state index is 0. The molecular formula is C6H16O3. The van der Waals surface area contributed by atoms with Crippen LogP contribution in [0.1, 0.15) is 20.3 Å². The van der Waals surface area contributed by atoms with Crippen molar-refractivity contribution in [1.82, 2.24) is 0 Å². The Balaban J connectivity index is 0. The lowest BCUT2D eigenvalue weighted by Crippen LogP contribution is -2.10. The third-order valence-corrected chi connectivity index (χ3v) is 0.708. The molecule has 0 aromatic rings. The van der Waals surface area contributed by atoms with E-state index in [2.05, 4.69) is 0 Å². The molecule has 3 N–H and O–H groups in total. The van der Waals surface area contributed by atoms with Crippen molar-refractivity contribution in [2.24, 2.45) is 0 Å². The highest BCUT2D eigenvalue weighted by Gasteiger charge is 1.91. The van der Waals surface area contributed by atoms with Crippen LogP contribution in [0.5, 0.6) is 0 Å². The van der Waals surface area contributed by atoms with E-state index in [1.807, 2.05) is 6.92 Å². The van der Waals surface area contributed by atoms with Crippen LogP contribution in [0.2, 0.25) is 0 Å². The standard InChI is InChI=1S/C6H14O2.H2O/c1-3-4-8-5-6(2)7;/h6-7H,3-5H2,1-2H3;1H2. The first kappa shape index (κ1) is 11.6. The molecule has 0 heterocycles. The molecule has 0 aromatic heterocycles. The molecule has 0 aromatic carbocycles. The molecule has 0 radical (unpaired) electrons. The van der Waals surface area contributed by atoms with Gasteiger partial charge in [-0.05, 0) is 13.3 Å². The van der Waals surface area contributed by atoms with Crippen LogP contribution in [0.25, 0.3) is 0 Å². The molecule has 9 heavy (non-hydrogen) atoms. The summed E-state index contributed by atoms with van der Waals surface area (Å²) in [6.45, 7) is 4.98. The zero-order valence-electron chi connectivity index (χ0n) is 6.05. The average Bonchev–Trinajstić information content (AvgIpc) is 1.66. The predicted octanol–water partition coefficient (Wildman–Crippen LogP) is -0.0309. The van der Waals surface area contributed by atoms with Crippen LogP contribution in [-0.4, -0.2) is 29.9 Å². The van der Waals surface area contributed by atoms with Crippen LogP contribution in [0.15, 0.2) is 0 Å². The molecule has 0 fully saturated rings. The predicted molar refractivity (Wildman–Crippen MR) is 36.4 cm³/mol. The molecule has 3 nitrogen and oxygen atoms in total. The summed E-state index contributed by atoms with van der Waals surface area (Å²) in [5.41, 5.74) is 0. The first-order valence-corrected chi connectivity index (χ1v) is 3.03. The lowest BCUT2D eigenvalue weighted by molar-refractivity contribution is 0.0466. The van der Waals surface area contributed by atoms with Gasteiger partial charge in [-0.2, -0.15) is 0 Å². The highest BCUT2D eigenvalue weighted by atomic mass is 16.5. The summed E-state index contributed by atoms with van der Waals surface area (Å²) < 4.78 is 4.99. The van der Waals surface area contributed by atoms with Crippen LogP contribution in [-0.2, 0) is 4.74 Å². The molecule has 0 spiro atoms. The number of aliphatic hydroxyl groups is 1. The average molecular weight is 136 g/mol. The van der Waals surface area contributed by atoms with E-state index in [1.54, 1.807) is 6.92 Å². The van der Waals surface area contributed by atoms with Gasteiger partial charge < -0.3 is 15.3 Å². The van der Waals surface area contributed by atoms with Gasteiger partial charge in [0.25, 0.3) is 0 Å². The van der Waals surface area contributed by atoms with Gasteiger partial charge in [-0.25, -0.2) is 0 Å². The maximum atomic E-state index is 8.65. The van der Waals surface area contributed by atoms with E-state index in [4.69, 9.17) is 9.84 Å². The van der Waals surface area contributed by atoms with Crippen LogP contribution >= 0.6 is 0 Å². The second-order valence-corrected chi connectivity index (χ2v) is 1.92. The van der Waals surface area contributed by atoms with Gasteiger partial charge >= 0.3 is 0 Å². The van der Waals surface area contributed by atoms with E-state index in [0.717, 1.165) is 13.0 Å². The monoisotopic (exact) mass is 136 g/mol. The van der Waals surface area contributed by atoms with Crippen LogP contribution < -0.4 is 0 Å². The van der Waals surface area contributed by atoms with E-state index in [-0.39, 0.29) is 11.6 Å². The molecule has 1 atom stereocenters. The van der Waals surface area contributed by atoms with E-state index in [1.165, 1.54) is 0 Å². The Kier molecular flexibility index (Phi) is 10.2. The molecule has 3 heteroatoms. The Labute approximate surface area is 56.0 Å². The van der Waals surface area contributed by atoms with Crippen molar-refractivity contribution >= 4 is 0 Å². The summed E-state index contributed by atoms with van der Waals surface area (Å²) >= 11 is 0. The van der Waals surface area contributed by atoms with E-state index in [9.17, 15) is 0 Å². The van der Waals surface area contributed by atoms with Crippen molar-refractivity contribution in [1.29, 1.82) is 0 Å². The maximum Gasteiger partial charge on any atom is 0.0745 e. The number of rotatable bonds is 4. The largest absolute Gasteiger partial charge is 0.412 e. The van der Waals surface area contributed by atoms with Crippen molar-refractivity contribution in [2.45, 2.75) is 26.4 Å². The molecule has 0 rings (SSSR count). The summed E-state index contributed by atoms with van der Waals surface area (Å²) in [6.07, 6.45) is 0.703. The first-order chi connectivity index (χ1) is 3.77. The Morgan fingerprint density at radius 2 is 2.11 bits per heavy atom. The fourth-order valence-electron chi connectivity index (χ4n) is 0.398. The SMILES string of the molecule is CCCOCC(C)O.O. The summed E-state index contributed by atoms with van der Waals surface area (Å²) in [5, 5.41) is 8.65. The lowest BCUT2D eigenvalue weighted by atomic mass is 10.4. The third-order valence-electron chi connectivity index (χ3n) is 0.708. The number of hydrogen-bond donors (Lipinski definition) is 1. The minimum Gasteiger partial charge on any atom is -0.412 e. The summed E-state index contributed by atoms with van der Waals surface area (Å²) in [4.78, 5) is 0. The van der Waals surface area contributed by atoms with Crippen LogP contribution in [0, 0.1) is 0 Å². The molecule has 0 bridgehead atoms. The summed E-state index contributed by atoms with van der Waals surface area (Å²) in [5.74, 6) is 0. The van der Waals surface area contributed by atoms with Crippen molar-refractivity contribution in [3.8, 4) is 0 Å². The van der Waals surface area contributed by atoms with E-state index >= 15 is 0 Å². The van der Waals surface area contributed by atoms with Gasteiger partial charge in [0.1, 0.15) is 0 Å². The topological polar surface area (TPSA) is 61.0 Å². The minimum atomic E-state index is -0.318. The summed E-state index contributed by atoms with van der Waals surface area (Å²) in [7, 11) is 0. The van der Waals surface area contributed by atoms with Gasteiger partial charge in [0.15, 0.2) is 0 Å². The zero-order chi connectivity index (χ0) is 6.41. The second-order valence-electron chi connectivity index (χ2n) is 1.92. The van der Waals surface area contributed by atoms with Gasteiger partial charge in [-0.1, -0.05) is 6.92 Å². The van der Waals surface area contributed by atoms with Gasteiger partial charge in [-0.3, -0.25) is 0 Å². The Morgan fingerprint density at radius 1 is 1.56 bits per heavy atom. The smallest absolute Gasteiger partial charge is 0.0745 e. The van der Waals surface area contributed by atoms with Gasteiger partial charge in [-0.15, -0.1) is 0 Å². The van der Waals surface area contributed by atoms with Crippen LogP contribution in [0.3, 0.4) is 0 Å². The quantitative estimate of drug-likeness (QED) is 0.551. The van der Waals surface area contributed by atoms with Crippen molar-refractivity contribution in [3.05, 3.63) is 0 Å². The maximum absolute atomic E-state index is 8.65. The molecule has 0 saturated heterocycles. The van der Waals surface area contributed by atoms with Crippen molar-refractivity contribution in [3.63, 3.8) is 0 Å². The fraction of sp³-hybridized carbons (Fsp3) is 1.00. The van der Waals surface area contributed by atoms with Gasteiger partial charge in [0, 0.05) is 6.61 Å². The van der Waals surface area contributed by atoms with Gasteiger partial charge in [0.2, 0.25) is 0 Å². The highest BCUT2D eigenvalue weighted by molar-refractivity contribution is 4.39. The Hall–Kier alpha value is -0.120. The normalized spacial score (nSPS) is 12.3. The summed E-state index contributed by atoms with van der Waals surface area (Å²) in [6, 6.07) is 0.